The van der Waals surface area contributed by atoms with Gasteiger partial charge in [0.05, 0.1) is 5.69 Å². The summed E-state index contributed by atoms with van der Waals surface area (Å²) in [6.45, 7) is 2.11. The summed E-state index contributed by atoms with van der Waals surface area (Å²) in [7, 11) is 0. The molecule has 1 amide bonds. The molecule has 0 saturated heterocycles. The maximum Gasteiger partial charge on any atom is 0.255 e. The molecule has 19 heavy (non-hydrogen) atoms. The Morgan fingerprint density at radius 1 is 1.26 bits per heavy atom. The van der Waals surface area contributed by atoms with Crippen LogP contribution in [0.15, 0.2) is 42.5 Å². The third-order valence-electron chi connectivity index (χ3n) is 2.89. The molecule has 0 aromatic heterocycles. The Labute approximate surface area is 111 Å². The molecule has 0 heterocycles. The molecule has 3 N–H and O–H groups in total. The second kappa shape index (κ2) is 5.63. The van der Waals surface area contributed by atoms with Crippen molar-refractivity contribution in [2.75, 3.05) is 5.32 Å². The molecule has 3 nitrogen and oxygen atoms in total. The lowest BCUT2D eigenvalue weighted by Crippen LogP contribution is -2.14. The van der Waals surface area contributed by atoms with Gasteiger partial charge in [-0.15, -0.1) is 0 Å². The SMILES string of the molecule is Cc1cccc(F)c1NC(=O)c1cccc(CN)c1. The molecule has 0 aliphatic rings. The number of para-hydroxylation sites is 1. The van der Waals surface area contributed by atoms with E-state index < -0.39 is 5.82 Å². The first-order chi connectivity index (χ1) is 9.11. The van der Waals surface area contributed by atoms with Crippen molar-refractivity contribution >= 4 is 11.6 Å². The molecule has 0 radical (unpaired) electrons. The molecule has 4 heteroatoms. The highest BCUT2D eigenvalue weighted by atomic mass is 19.1. The number of carbonyl (C=O) groups excluding carboxylic acids is 1. The molecule has 2 rings (SSSR count). The van der Waals surface area contributed by atoms with Gasteiger partial charge in [-0.05, 0) is 36.2 Å². The Bertz CT molecular complexity index is 591. The van der Waals surface area contributed by atoms with Crippen LogP contribution in [0, 0.1) is 12.7 Å². The van der Waals surface area contributed by atoms with E-state index >= 15 is 0 Å². The third-order valence-corrected chi connectivity index (χ3v) is 2.89. The van der Waals surface area contributed by atoms with Crippen LogP contribution in [0.3, 0.4) is 0 Å². The summed E-state index contributed by atoms with van der Waals surface area (Å²) in [4.78, 5) is 12.1. The fourth-order valence-electron chi connectivity index (χ4n) is 1.82. The summed E-state index contributed by atoms with van der Waals surface area (Å²) in [5.74, 6) is -0.785. The van der Waals surface area contributed by atoms with Crippen LogP contribution >= 0.6 is 0 Å². The monoisotopic (exact) mass is 258 g/mol. The number of anilines is 1. The number of hydrogen-bond donors (Lipinski definition) is 2. The van der Waals surface area contributed by atoms with E-state index in [-0.39, 0.29) is 11.6 Å². The minimum absolute atomic E-state index is 0.214. The van der Waals surface area contributed by atoms with Crippen molar-refractivity contribution in [3.63, 3.8) is 0 Å². The van der Waals surface area contributed by atoms with Crippen LogP contribution in [0.5, 0.6) is 0 Å². The highest BCUT2D eigenvalue weighted by Crippen LogP contribution is 2.19. The smallest absolute Gasteiger partial charge is 0.255 e. The van der Waals surface area contributed by atoms with Gasteiger partial charge in [0.25, 0.3) is 5.91 Å². The van der Waals surface area contributed by atoms with Gasteiger partial charge in [0.2, 0.25) is 0 Å². The van der Waals surface area contributed by atoms with Crippen LogP contribution in [0.4, 0.5) is 10.1 Å². The number of amides is 1. The lowest BCUT2D eigenvalue weighted by atomic mass is 10.1. The molecule has 0 fully saturated rings. The standard InChI is InChI=1S/C15H15FN2O/c1-10-4-2-7-13(16)14(10)18-15(19)12-6-3-5-11(8-12)9-17/h2-8H,9,17H2,1H3,(H,18,19). The molecule has 2 aromatic rings. The molecule has 0 atom stereocenters. The first-order valence-corrected chi connectivity index (χ1v) is 5.97. The molecule has 0 bridgehead atoms. The third kappa shape index (κ3) is 2.98. The van der Waals surface area contributed by atoms with Crippen molar-refractivity contribution < 1.29 is 9.18 Å². The number of halogens is 1. The van der Waals surface area contributed by atoms with Gasteiger partial charge in [0.15, 0.2) is 0 Å². The zero-order valence-electron chi connectivity index (χ0n) is 10.6. The molecular formula is C15H15FN2O. The summed E-state index contributed by atoms with van der Waals surface area (Å²) in [6, 6.07) is 11.6. The van der Waals surface area contributed by atoms with Crippen molar-refractivity contribution in [2.24, 2.45) is 5.73 Å². The van der Waals surface area contributed by atoms with Gasteiger partial charge in [-0.25, -0.2) is 4.39 Å². The van der Waals surface area contributed by atoms with E-state index in [0.29, 0.717) is 17.7 Å². The number of nitrogens with one attached hydrogen (secondary N) is 1. The van der Waals surface area contributed by atoms with Crippen molar-refractivity contribution in [1.82, 2.24) is 0 Å². The fourth-order valence-corrected chi connectivity index (χ4v) is 1.82. The van der Waals surface area contributed by atoms with Crippen LogP contribution in [0.25, 0.3) is 0 Å². The normalized spacial score (nSPS) is 10.3. The van der Waals surface area contributed by atoms with Crippen molar-refractivity contribution in [3.8, 4) is 0 Å². The van der Waals surface area contributed by atoms with Crippen LogP contribution in [0.1, 0.15) is 21.5 Å². The van der Waals surface area contributed by atoms with E-state index in [2.05, 4.69) is 5.32 Å². The van der Waals surface area contributed by atoms with Gasteiger partial charge in [-0.2, -0.15) is 0 Å². The van der Waals surface area contributed by atoms with Gasteiger partial charge in [0, 0.05) is 12.1 Å². The summed E-state index contributed by atoms with van der Waals surface area (Å²) in [5, 5.41) is 2.59. The average molecular weight is 258 g/mol. The van der Waals surface area contributed by atoms with Gasteiger partial charge in [-0.3, -0.25) is 4.79 Å². The highest BCUT2D eigenvalue weighted by molar-refractivity contribution is 6.04. The number of carbonyl (C=O) groups is 1. The minimum atomic E-state index is -0.441. The Balaban J connectivity index is 2.25. The molecule has 98 valence electrons. The number of nitrogens with two attached hydrogens (primary N) is 1. The van der Waals surface area contributed by atoms with Gasteiger partial charge in [0.1, 0.15) is 5.82 Å². The molecule has 0 unspecified atom stereocenters. The van der Waals surface area contributed by atoms with E-state index in [1.54, 1.807) is 37.3 Å². The van der Waals surface area contributed by atoms with E-state index in [9.17, 15) is 9.18 Å². The zero-order chi connectivity index (χ0) is 13.8. The van der Waals surface area contributed by atoms with Gasteiger partial charge < -0.3 is 11.1 Å². The van der Waals surface area contributed by atoms with Crippen LogP contribution < -0.4 is 11.1 Å². The Morgan fingerprint density at radius 2 is 2.00 bits per heavy atom. The maximum atomic E-state index is 13.6. The van der Waals surface area contributed by atoms with E-state index in [4.69, 9.17) is 5.73 Å². The first-order valence-electron chi connectivity index (χ1n) is 5.97. The second-order valence-electron chi connectivity index (χ2n) is 4.29. The van der Waals surface area contributed by atoms with Crippen molar-refractivity contribution in [1.29, 1.82) is 0 Å². The van der Waals surface area contributed by atoms with Crippen LogP contribution in [-0.2, 0) is 6.54 Å². The summed E-state index contributed by atoms with van der Waals surface area (Å²) in [6.07, 6.45) is 0. The second-order valence-corrected chi connectivity index (χ2v) is 4.29. The molecule has 0 aliphatic heterocycles. The van der Waals surface area contributed by atoms with Crippen molar-refractivity contribution in [2.45, 2.75) is 13.5 Å². The van der Waals surface area contributed by atoms with E-state index in [1.807, 2.05) is 6.07 Å². The molecule has 2 aromatic carbocycles. The predicted octanol–water partition coefficient (Wildman–Crippen LogP) is 2.85. The Hall–Kier alpha value is -2.20. The minimum Gasteiger partial charge on any atom is -0.326 e. The van der Waals surface area contributed by atoms with Crippen LogP contribution in [0.2, 0.25) is 0 Å². The molecule has 0 spiro atoms. The molecular weight excluding hydrogens is 243 g/mol. The van der Waals surface area contributed by atoms with E-state index in [0.717, 1.165) is 5.56 Å². The Morgan fingerprint density at radius 3 is 2.68 bits per heavy atom. The number of hydrogen-bond acceptors (Lipinski definition) is 2. The highest BCUT2D eigenvalue weighted by Gasteiger charge is 2.11. The number of benzene rings is 2. The van der Waals surface area contributed by atoms with Crippen molar-refractivity contribution in [3.05, 3.63) is 65.0 Å². The van der Waals surface area contributed by atoms with E-state index in [1.165, 1.54) is 6.07 Å². The fraction of sp³-hybridized carbons (Fsp3) is 0.133. The van der Waals surface area contributed by atoms with Crippen LogP contribution in [-0.4, -0.2) is 5.91 Å². The lowest BCUT2D eigenvalue weighted by Gasteiger charge is -2.10. The van der Waals surface area contributed by atoms with Gasteiger partial charge in [-0.1, -0.05) is 24.3 Å². The Kier molecular flexibility index (Phi) is 3.92. The predicted molar refractivity (Wildman–Crippen MR) is 73.4 cm³/mol. The number of aryl methyl sites for hydroxylation is 1. The zero-order valence-corrected chi connectivity index (χ0v) is 10.6. The topological polar surface area (TPSA) is 55.1 Å². The number of rotatable bonds is 3. The summed E-state index contributed by atoms with van der Waals surface area (Å²) in [5.41, 5.74) is 7.75. The summed E-state index contributed by atoms with van der Waals surface area (Å²) < 4.78 is 13.6. The summed E-state index contributed by atoms with van der Waals surface area (Å²) >= 11 is 0. The van der Waals surface area contributed by atoms with Gasteiger partial charge >= 0.3 is 0 Å². The average Bonchev–Trinajstić information content (AvgIpc) is 2.43. The lowest BCUT2D eigenvalue weighted by molar-refractivity contribution is 0.102. The molecule has 0 aliphatic carbocycles. The quantitative estimate of drug-likeness (QED) is 0.889. The molecule has 0 saturated carbocycles. The first kappa shape index (κ1) is 13.2. The maximum absolute atomic E-state index is 13.6. The largest absolute Gasteiger partial charge is 0.326 e.